The summed E-state index contributed by atoms with van der Waals surface area (Å²) in [6.07, 6.45) is -2.82. The molecule has 3 aromatic rings. The van der Waals surface area contributed by atoms with Crippen LogP contribution in [0.5, 0.6) is 0 Å². The standard InChI is InChI=1S/C23H29N7O12P2/c1-2-25-23(33)29-19-16-20(27-10-26-19)30(11-28-16)21-18-17(40-22(41-18)13-6-4-3-5-7-13)14(39-21)9-38-44(36,37)42-43(34,35)12-24-8-15(31)32/h3-7,10-11,14,17-18,21-22,24H,2,8-9,12H2,1H3,(H,31,32)(H,34,35)(H,36,37)(H2,25,26,27,29,33)/t14-,17?,18+,21-,22-/m1/s1. The first-order chi connectivity index (χ1) is 21.0. The number of anilines is 1. The number of hydrogen-bond donors (Lipinski definition) is 6. The Morgan fingerprint density at radius 3 is 2.55 bits per heavy atom. The van der Waals surface area contributed by atoms with Crippen molar-refractivity contribution in [2.45, 2.75) is 37.8 Å². The van der Waals surface area contributed by atoms with E-state index in [0.29, 0.717) is 12.1 Å². The lowest BCUT2D eigenvalue weighted by Gasteiger charge is -2.22. The minimum Gasteiger partial charge on any atom is -0.480 e. The Bertz CT molecular complexity index is 1590. The maximum atomic E-state index is 12.6. The molecule has 238 valence electrons. The van der Waals surface area contributed by atoms with E-state index in [0.717, 1.165) is 0 Å². The van der Waals surface area contributed by atoms with Gasteiger partial charge in [-0.2, -0.15) is 0 Å². The van der Waals surface area contributed by atoms with Crippen molar-refractivity contribution in [1.82, 2.24) is 30.2 Å². The predicted octanol–water partition coefficient (Wildman–Crippen LogP) is 1.30. The molecule has 2 aromatic heterocycles. The van der Waals surface area contributed by atoms with E-state index in [9.17, 15) is 28.5 Å². The molecule has 19 nitrogen and oxygen atoms in total. The van der Waals surface area contributed by atoms with Crippen LogP contribution in [0.2, 0.25) is 0 Å². The van der Waals surface area contributed by atoms with E-state index in [-0.39, 0.29) is 17.0 Å². The monoisotopic (exact) mass is 657 g/mol. The topological polar surface area (TPSA) is 255 Å². The van der Waals surface area contributed by atoms with Gasteiger partial charge in [-0.1, -0.05) is 30.3 Å². The van der Waals surface area contributed by atoms with Crippen LogP contribution in [-0.4, -0.2) is 90.7 Å². The Morgan fingerprint density at radius 2 is 1.82 bits per heavy atom. The van der Waals surface area contributed by atoms with Crippen molar-refractivity contribution in [2.75, 3.05) is 31.3 Å². The van der Waals surface area contributed by atoms with Gasteiger partial charge in [0.2, 0.25) is 0 Å². The molecule has 0 radical (unpaired) electrons. The van der Waals surface area contributed by atoms with Crippen molar-refractivity contribution in [1.29, 1.82) is 0 Å². The van der Waals surface area contributed by atoms with Gasteiger partial charge in [0.25, 0.3) is 0 Å². The molecule has 6 N–H and O–H groups in total. The van der Waals surface area contributed by atoms with Crippen LogP contribution in [0, 0.1) is 0 Å². The summed E-state index contributed by atoms with van der Waals surface area (Å²) >= 11 is 0. The van der Waals surface area contributed by atoms with E-state index < -0.39 is 77.7 Å². The number of imidazole rings is 1. The lowest BCUT2D eigenvalue weighted by molar-refractivity contribution is -0.152. The summed E-state index contributed by atoms with van der Waals surface area (Å²) in [7, 11) is -9.92. The number of carbonyl (C=O) groups excluding carboxylic acids is 1. The molecule has 1 aromatic carbocycles. The number of nitrogens with one attached hydrogen (secondary N) is 3. The van der Waals surface area contributed by atoms with Crippen LogP contribution in [0.15, 0.2) is 43.0 Å². The molecular weight excluding hydrogens is 628 g/mol. The van der Waals surface area contributed by atoms with Gasteiger partial charge in [0.1, 0.15) is 24.6 Å². The van der Waals surface area contributed by atoms with Gasteiger partial charge in [-0.25, -0.2) is 28.6 Å². The van der Waals surface area contributed by atoms with Crippen molar-refractivity contribution in [3.63, 3.8) is 0 Å². The molecule has 21 heteroatoms. The number of carbonyl (C=O) groups is 2. The zero-order valence-electron chi connectivity index (χ0n) is 23.0. The molecule has 2 fully saturated rings. The first-order valence-electron chi connectivity index (χ1n) is 13.1. The van der Waals surface area contributed by atoms with Gasteiger partial charge in [0.15, 0.2) is 29.5 Å². The number of rotatable bonds is 13. The van der Waals surface area contributed by atoms with Gasteiger partial charge in [-0.15, -0.1) is 0 Å². The van der Waals surface area contributed by atoms with E-state index >= 15 is 0 Å². The zero-order valence-corrected chi connectivity index (χ0v) is 24.7. The SMILES string of the molecule is CCNC(=O)Nc1ncnc2c1ncn2[C@@H]1O[C@H](COP(=O)(O)OP(=O)(O)CNCC(=O)O)C2O[C@@H](c3ccccc3)O[C@@H]21. The van der Waals surface area contributed by atoms with Gasteiger partial charge < -0.3 is 34.4 Å². The summed E-state index contributed by atoms with van der Waals surface area (Å²) in [5.74, 6) is -1.17. The molecule has 5 rings (SSSR count). The average Bonchev–Trinajstić information content (AvgIpc) is 3.66. The fourth-order valence-electron chi connectivity index (χ4n) is 4.59. The second-order valence-electron chi connectivity index (χ2n) is 9.50. The molecule has 0 aliphatic carbocycles. The summed E-state index contributed by atoms with van der Waals surface area (Å²) in [6, 6.07) is 8.51. The zero-order chi connectivity index (χ0) is 31.5. The first kappa shape index (κ1) is 32.1. The number of phosphoric acid groups is 1. The minimum absolute atomic E-state index is 0.143. The van der Waals surface area contributed by atoms with Crippen LogP contribution in [-0.2, 0) is 37.0 Å². The molecule has 7 atom stereocenters. The molecule has 44 heavy (non-hydrogen) atoms. The number of nitrogens with zero attached hydrogens (tertiary/aromatic N) is 4. The van der Waals surface area contributed by atoms with E-state index in [1.165, 1.54) is 17.2 Å². The predicted molar refractivity (Wildman–Crippen MR) is 148 cm³/mol. The number of urea groups is 1. The quantitative estimate of drug-likeness (QED) is 0.142. The van der Waals surface area contributed by atoms with Crippen LogP contribution in [0.25, 0.3) is 11.2 Å². The Kier molecular flexibility index (Phi) is 9.71. The highest BCUT2D eigenvalue weighted by molar-refractivity contribution is 7.63. The number of carboxylic acid groups (broad SMARTS) is 1. The third-order valence-corrected chi connectivity index (χ3v) is 9.29. The molecule has 2 aliphatic heterocycles. The third kappa shape index (κ3) is 7.47. The highest BCUT2D eigenvalue weighted by Crippen LogP contribution is 2.59. The van der Waals surface area contributed by atoms with Gasteiger partial charge in [-0.05, 0) is 6.92 Å². The largest absolute Gasteiger partial charge is 0.480 e. The van der Waals surface area contributed by atoms with Crippen LogP contribution >= 0.6 is 15.4 Å². The van der Waals surface area contributed by atoms with Crippen molar-refractivity contribution in [3.8, 4) is 0 Å². The fourth-order valence-corrected chi connectivity index (χ4v) is 7.03. The number of ether oxygens (including phenoxy) is 3. The van der Waals surface area contributed by atoms with E-state index in [1.807, 2.05) is 6.07 Å². The second kappa shape index (κ2) is 13.3. The van der Waals surface area contributed by atoms with Crippen molar-refractivity contribution < 1.29 is 56.7 Å². The van der Waals surface area contributed by atoms with Crippen LogP contribution in [0.4, 0.5) is 10.6 Å². The van der Waals surface area contributed by atoms with E-state index in [2.05, 4.69) is 35.2 Å². The Morgan fingerprint density at radius 1 is 1.07 bits per heavy atom. The van der Waals surface area contributed by atoms with Crippen molar-refractivity contribution in [2.24, 2.45) is 0 Å². The molecule has 4 heterocycles. The summed E-state index contributed by atoms with van der Waals surface area (Å²) in [4.78, 5) is 55.5. The van der Waals surface area contributed by atoms with Crippen LogP contribution in [0.1, 0.15) is 25.0 Å². The number of fused-ring (bicyclic) bond motifs is 2. The fraction of sp³-hybridized carbons (Fsp3) is 0.435. The Balaban J connectivity index is 1.36. The highest BCUT2D eigenvalue weighted by Gasteiger charge is 2.54. The maximum absolute atomic E-state index is 12.6. The molecular formula is C23H29N7O12P2. The second-order valence-corrected chi connectivity index (χ2v) is 12.9. The summed E-state index contributed by atoms with van der Waals surface area (Å²) in [5.41, 5.74) is 1.22. The number of hydrogen-bond acceptors (Lipinski definition) is 13. The van der Waals surface area contributed by atoms with Crippen molar-refractivity contribution >= 4 is 44.4 Å². The molecule has 0 bridgehead atoms. The summed E-state index contributed by atoms with van der Waals surface area (Å²) in [6.45, 7) is 0.834. The number of amides is 2. The molecule has 0 saturated carbocycles. The molecule has 2 aliphatic rings. The molecule has 3 unspecified atom stereocenters. The number of phosphoric ester groups is 1. The Hall–Kier alpha value is -3.35. The third-order valence-electron chi connectivity index (χ3n) is 6.34. The maximum Gasteiger partial charge on any atom is 0.479 e. The number of carboxylic acids is 1. The summed E-state index contributed by atoms with van der Waals surface area (Å²) in [5, 5.41) is 16.0. The molecule has 0 spiro atoms. The normalized spacial score (nSPS) is 25.7. The van der Waals surface area contributed by atoms with Gasteiger partial charge in [0, 0.05) is 12.1 Å². The minimum atomic E-state index is -5.15. The summed E-state index contributed by atoms with van der Waals surface area (Å²) < 4.78 is 54.2. The molecule has 2 amide bonds. The first-order valence-corrected chi connectivity index (χ1v) is 16.4. The average molecular weight is 657 g/mol. The number of aromatic nitrogens is 4. The smallest absolute Gasteiger partial charge is 0.479 e. The van der Waals surface area contributed by atoms with Gasteiger partial charge in [-0.3, -0.25) is 29.1 Å². The van der Waals surface area contributed by atoms with Gasteiger partial charge in [0.05, 0.1) is 25.8 Å². The highest BCUT2D eigenvalue weighted by atomic mass is 31.3. The number of aliphatic carboxylic acids is 1. The lowest BCUT2D eigenvalue weighted by atomic mass is 10.1. The Labute approximate surface area is 249 Å². The van der Waals surface area contributed by atoms with Gasteiger partial charge >= 0.3 is 27.4 Å². The lowest BCUT2D eigenvalue weighted by Crippen LogP contribution is -2.31. The van der Waals surface area contributed by atoms with Crippen LogP contribution in [0.3, 0.4) is 0 Å². The number of benzene rings is 1. The van der Waals surface area contributed by atoms with E-state index in [1.54, 1.807) is 31.2 Å². The van der Waals surface area contributed by atoms with Crippen molar-refractivity contribution in [3.05, 3.63) is 48.5 Å². The van der Waals surface area contributed by atoms with Crippen LogP contribution < -0.4 is 16.0 Å². The van der Waals surface area contributed by atoms with E-state index in [4.69, 9.17) is 23.8 Å². The molecule has 2 saturated heterocycles.